The molecule has 0 saturated carbocycles. The highest BCUT2D eigenvalue weighted by Gasteiger charge is 2.03. The van der Waals surface area contributed by atoms with Crippen LogP contribution in [0.25, 0.3) is 0 Å². The minimum Gasteiger partial charge on any atom is -0.381 e. The van der Waals surface area contributed by atoms with Crippen molar-refractivity contribution in [2.75, 3.05) is 180 Å². The highest BCUT2D eigenvalue weighted by molar-refractivity contribution is 5.69. The number of fused-ring (bicyclic) bond motifs is 2. The van der Waals surface area contributed by atoms with Crippen LogP contribution in [0.4, 0.5) is 22.7 Å². The molecule has 0 amide bonds. The lowest BCUT2D eigenvalue weighted by Gasteiger charge is -2.14. The van der Waals surface area contributed by atoms with Gasteiger partial charge >= 0.3 is 0 Å². The van der Waals surface area contributed by atoms with Gasteiger partial charge in [-0.1, -0.05) is 24.3 Å². The van der Waals surface area contributed by atoms with Gasteiger partial charge < -0.3 is 68.6 Å². The lowest BCUT2D eigenvalue weighted by atomic mass is 10.2. The fourth-order valence-electron chi connectivity index (χ4n) is 4.58. The van der Waals surface area contributed by atoms with Crippen LogP contribution in [0.2, 0.25) is 0 Å². The van der Waals surface area contributed by atoms with Crippen LogP contribution in [0, 0.1) is 0 Å². The third-order valence-electron chi connectivity index (χ3n) is 7.08. The van der Waals surface area contributed by atoms with Gasteiger partial charge in [-0.2, -0.15) is 0 Å². The third-order valence-corrected chi connectivity index (χ3v) is 7.08. The molecule has 50 heavy (non-hydrogen) atoms. The maximum absolute atomic E-state index is 5.69. The van der Waals surface area contributed by atoms with Crippen molar-refractivity contribution in [1.29, 1.82) is 0 Å². The SMILES string of the molecule is c1ccc2c(c1)NCCOCCOCCOCCOCCOCCNc1ccccc1NCCOCCOCCOCCOCCOCCN2. The number of hydrogen-bond acceptors (Lipinski definition) is 14. The van der Waals surface area contributed by atoms with Gasteiger partial charge in [-0.25, -0.2) is 0 Å². The van der Waals surface area contributed by atoms with Gasteiger partial charge in [0.25, 0.3) is 0 Å². The summed E-state index contributed by atoms with van der Waals surface area (Å²) in [4.78, 5) is 0. The van der Waals surface area contributed by atoms with E-state index in [9.17, 15) is 0 Å². The zero-order chi connectivity index (χ0) is 34.8. The average molecular weight is 709 g/mol. The van der Waals surface area contributed by atoms with E-state index < -0.39 is 0 Å². The van der Waals surface area contributed by atoms with E-state index in [1.54, 1.807) is 0 Å². The first-order chi connectivity index (χ1) is 24.9. The maximum Gasteiger partial charge on any atom is 0.0701 e. The van der Waals surface area contributed by atoms with E-state index in [0.29, 0.717) is 158 Å². The van der Waals surface area contributed by atoms with Gasteiger partial charge in [0.05, 0.1) is 155 Å². The standard InChI is InChI=1S/C36H60N4O10/c1-2-6-34-33(5-1)37-9-13-41-17-21-45-25-29-49-31-27-47-23-19-43-15-11-39-35-7-3-4-8-36(35)40-12-16-44-20-24-48-28-32-50-30-26-46-22-18-42-14-10-38-34/h1-8,37-40H,9-32H2. The fourth-order valence-corrected chi connectivity index (χ4v) is 4.58. The van der Waals surface area contributed by atoms with E-state index in [2.05, 4.69) is 21.3 Å². The fraction of sp³-hybridized carbons (Fsp3) is 0.667. The second-order valence-corrected chi connectivity index (χ2v) is 10.9. The Labute approximate surface area is 298 Å². The Hall–Kier alpha value is -2.76. The predicted octanol–water partition coefficient (Wildman–Crippen LogP) is 3.21. The minimum atomic E-state index is 0.517. The third kappa shape index (κ3) is 22.1. The molecule has 284 valence electrons. The molecule has 0 aromatic heterocycles. The van der Waals surface area contributed by atoms with Crippen LogP contribution in [0.1, 0.15) is 0 Å². The van der Waals surface area contributed by atoms with Gasteiger partial charge in [0.15, 0.2) is 0 Å². The Balaban J connectivity index is 1.27. The van der Waals surface area contributed by atoms with Crippen molar-refractivity contribution in [2.24, 2.45) is 0 Å². The summed E-state index contributed by atoms with van der Waals surface area (Å²) in [6, 6.07) is 16.2. The molecule has 0 atom stereocenters. The molecule has 1 aliphatic heterocycles. The maximum atomic E-state index is 5.69. The van der Waals surface area contributed by atoms with Crippen molar-refractivity contribution in [3.63, 3.8) is 0 Å². The number of nitrogens with one attached hydrogen (secondary N) is 4. The molecule has 14 nitrogen and oxygen atoms in total. The van der Waals surface area contributed by atoms with Crippen molar-refractivity contribution in [1.82, 2.24) is 0 Å². The van der Waals surface area contributed by atoms with Gasteiger partial charge in [0.1, 0.15) is 0 Å². The molecule has 3 rings (SSSR count). The Morgan fingerprint density at radius 3 is 0.580 bits per heavy atom. The first-order valence-corrected chi connectivity index (χ1v) is 17.8. The van der Waals surface area contributed by atoms with Crippen LogP contribution in [-0.2, 0) is 47.4 Å². The van der Waals surface area contributed by atoms with E-state index in [-0.39, 0.29) is 0 Å². The Kier molecular flexibility index (Phi) is 25.8. The zero-order valence-corrected chi connectivity index (χ0v) is 29.7. The first kappa shape index (κ1) is 41.7. The van der Waals surface area contributed by atoms with Crippen molar-refractivity contribution in [3.05, 3.63) is 48.5 Å². The van der Waals surface area contributed by atoms with Crippen LogP contribution in [0.5, 0.6) is 0 Å². The highest BCUT2D eigenvalue weighted by Crippen LogP contribution is 2.21. The Bertz CT molecular complexity index is 898. The molecular formula is C36H60N4O10. The summed E-state index contributed by atoms with van der Waals surface area (Å²) >= 11 is 0. The molecular weight excluding hydrogens is 648 g/mol. The van der Waals surface area contributed by atoms with Gasteiger partial charge in [-0.3, -0.25) is 0 Å². The summed E-state index contributed by atoms with van der Waals surface area (Å²) in [6.45, 7) is 13.4. The van der Waals surface area contributed by atoms with Gasteiger partial charge in [0, 0.05) is 26.2 Å². The van der Waals surface area contributed by atoms with Crippen molar-refractivity contribution in [2.45, 2.75) is 0 Å². The summed E-state index contributed by atoms with van der Waals surface area (Å²) in [7, 11) is 0. The monoisotopic (exact) mass is 708 g/mol. The first-order valence-electron chi connectivity index (χ1n) is 17.8. The molecule has 4 N–H and O–H groups in total. The van der Waals surface area contributed by atoms with Crippen LogP contribution in [0.15, 0.2) is 48.5 Å². The largest absolute Gasteiger partial charge is 0.381 e. The molecule has 0 saturated heterocycles. The van der Waals surface area contributed by atoms with Crippen LogP contribution < -0.4 is 21.3 Å². The second kappa shape index (κ2) is 31.0. The van der Waals surface area contributed by atoms with E-state index >= 15 is 0 Å². The van der Waals surface area contributed by atoms with E-state index in [0.717, 1.165) is 22.7 Å². The average Bonchev–Trinajstić information content (AvgIpc) is 3.14. The Morgan fingerprint density at radius 1 is 0.240 bits per heavy atom. The molecule has 0 bridgehead atoms. The van der Waals surface area contributed by atoms with Crippen molar-refractivity contribution in [3.8, 4) is 0 Å². The number of hydrogen-bond donors (Lipinski definition) is 4. The van der Waals surface area contributed by atoms with Crippen molar-refractivity contribution < 1.29 is 47.4 Å². The quantitative estimate of drug-likeness (QED) is 0.319. The molecule has 0 fully saturated rings. The summed E-state index contributed by atoms with van der Waals surface area (Å²) in [5.74, 6) is 0. The zero-order valence-electron chi connectivity index (χ0n) is 29.7. The minimum absolute atomic E-state index is 0.517. The summed E-state index contributed by atoms with van der Waals surface area (Å²) in [6.07, 6.45) is 0. The summed E-state index contributed by atoms with van der Waals surface area (Å²) in [5, 5.41) is 13.7. The second-order valence-electron chi connectivity index (χ2n) is 10.9. The van der Waals surface area contributed by atoms with E-state index in [1.165, 1.54) is 0 Å². The number of ether oxygens (including phenoxy) is 10. The number of benzene rings is 2. The highest BCUT2D eigenvalue weighted by atomic mass is 16.6. The summed E-state index contributed by atoms with van der Waals surface area (Å²) < 4.78 is 56.3. The smallest absolute Gasteiger partial charge is 0.0701 e. The molecule has 0 unspecified atom stereocenters. The molecule has 0 aliphatic carbocycles. The Morgan fingerprint density at radius 2 is 0.400 bits per heavy atom. The topological polar surface area (TPSA) is 140 Å². The van der Waals surface area contributed by atoms with Crippen LogP contribution in [0.3, 0.4) is 0 Å². The normalized spacial score (nSPS) is 20.3. The van der Waals surface area contributed by atoms with Crippen LogP contribution >= 0.6 is 0 Å². The van der Waals surface area contributed by atoms with Gasteiger partial charge in [-0.15, -0.1) is 0 Å². The lowest BCUT2D eigenvalue weighted by molar-refractivity contribution is -0.00974. The predicted molar refractivity (Wildman–Crippen MR) is 195 cm³/mol. The number of anilines is 4. The lowest BCUT2D eigenvalue weighted by Crippen LogP contribution is -2.17. The number of para-hydroxylation sites is 4. The molecule has 1 heterocycles. The molecule has 2 aromatic carbocycles. The van der Waals surface area contributed by atoms with Crippen molar-refractivity contribution >= 4 is 22.7 Å². The van der Waals surface area contributed by atoms with Gasteiger partial charge in [-0.05, 0) is 24.3 Å². The van der Waals surface area contributed by atoms with E-state index in [1.807, 2.05) is 48.5 Å². The number of rotatable bonds is 0. The molecule has 1 aliphatic rings. The van der Waals surface area contributed by atoms with E-state index in [4.69, 9.17) is 47.4 Å². The summed E-state index contributed by atoms with van der Waals surface area (Å²) in [5.41, 5.74) is 4.09. The molecule has 14 heteroatoms. The van der Waals surface area contributed by atoms with Crippen LogP contribution in [-0.4, -0.2) is 158 Å². The van der Waals surface area contributed by atoms with Gasteiger partial charge in [0.2, 0.25) is 0 Å². The molecule has 0 spiro atoms. The molecule has 2 aromatic rings. The molecule has 0 radical (unpaired) electrons.